The van der Waals surface area contributed by atoms with Crippen molar-refractivity contribution < 1.29 is 44.7 Å². The lowest BCUT2D eigenvalue weighted by Gasteiger charge is -2.50. The normalized spacial score (nSPS) is 25.3. The van der Waals surface area contributed by atoms with Crippen LogP contribution in [0.5, 0.6) is 5.75 Å². The van der Waals surface area contributed by atoms with Crippen LogP contribution in [0.25, 0.3) is 5.76 Å². The van der Waals surface area contributed by atoms with Crippen molar-refractivity contribution in [3.05, 3.63) is 40.2 Å². The number of carbonyl (C=O) groups excluding carboxylic acids is 3. The van der Waals surface area contributed by atoms with Gasteiger partial charge in [-0.1, -0.05) is 6.42 Å². The molecule has 5 atom stereocenters. The number of hydrogen-bond acceptors (Lipinski definition) is 12. The number of unbranched alkanes of at least 4 members (excludes halogenated alkanes) is 1. The number of phenolic OH excluding ortho intramolecular Hbond substituents is 1. The summed E-state index contributed by atoms with van der Waals surface area (Å²) in [6, 6.07) is 1.29. The van der Waals surface area contributed by atoms with Gasteiger partial charge in [0, 0.05) is 31.3 Å². The Bertz CT molecular complexity index is 1390. The van der Waals surface area contributed by atoms with Crippen molar-refractivity contribution in [2.75, 3.05) is 39.6 Å². The minimum absolute atomic E-state index is 0.0638. The summed E-state index contributed by atoms with van der Waals surface area (Å²) in [5.74, 6) is -7.47. The minimum atomic E-state index is -2.63. The molecule has 0 unspecified atom stereocenters. The Balaban J connectivity index is 0.000000436. The number of aliphatic carboxylic acids is 1. The Labute approximate surface area is 249 Å². The highest BCUT2D eigenvalue weighted by molar-refractivity contribution is 6.24. The molecule has 4 rings (SSSR count). The van der Waals surface area contributed by atoms with Gasteiger partial charge in [-0.05, 0) is 69.9 Å². The molecule has 0 spiro atoms. The predicted molar refractivity (Wildman–Crippen MR) is 157 cm³/mol. The second-order valence-corrected chi connectivity index (χ2v) is 11.5. The third kappa shape index (κ3) is 5.83. The number of hydrogen-bond donors (Lipinski definition) is 8. The molecular formula is C29H41N5O9. The Morgan fingerprint density at radius 1 is 1.09 bits per heavy atom. The number of aromatic hydroxyl groups is 1. The first-order valence-corrected chi connectivity index (χ1v) is 13.9. The number of phenols is 1. The molecule has 1 aromatic rings. The maximum Gasteiger partial charge on any atom is 0.320 e. The van der Waals surface area contributed by atoms with Crippen LogP contribution in [0.1, 0.15) is 36.8 Å². The molecule has 3 aliphatic rings. The fourth-order valence-corrected chi connectivity index (χ4v) is 6.28. The molecule has 0 aromatic heterocycles. The molecule has 0 bridgehead atoms. The highest BCUT2D eigenvalue weighted by atomic mass is 16.4. The number of carboxylic acid groups (broad SMARTS) is 1. The molecule has 0 saturated heterocycles. The number of anilines is 1. The molecule has 1 fully saturated rings. The van der Waals surface area contributed by atoms with Crippen LogP contribution in [-0.4, -0.2) is 106 Å². The highest BCUT2D eigenvalue weighted by Crippen LogP contribution is 2.53. The van der Waals surface area contributed by atoms with Gasteiger partial charge >= 0.3 is 5.97 Å². The largest absolute Gasteiger partial charge is 0.508 e. The third-order valence-electron chi connectivity index (χ3n) is 8.35. The Kier molecular flexibility index (Phi) is 9.91. The van der Waals surface area contributed by atoms with Gasteiger partial charge in [-0.25, -0.2) is 0 Å². The molecule has 236 valence electrons. The summed E-state index contributed by atoms with van der Waals surface area (Å²) in [6.07, 6.45) is 2.49. The maximum absolute atomic E-state index is 13.7. The van der Waals surface area contributed by atoms with Gasteiger partial charge in [0.1, 0.15) is 28.9 Å². The number of likely N-dealkylation sites (N-methyl/N-ethyl adjacent to an activating group) is 1. The quantitative estimate of drug-likeness (QED) is 0.139. The number of fused-ring (bicyclic) bond motifs is 3. The van der Waals surface area contributed by atoms with Gasteiger partial charge in [0.2, 0.25) is 5.78 Å². The van der Waals surface area contributed by atoms with Gasteiger partial charge in [0.15, 0.2) is 11.4 Å². The van der Waals surface area contributed by atoms with Crippen LogP contribution >= 0.6 is 0 Å². The number of nitrogens with two attached hydrogens (primary N) is 3. The molecule has 14 nitrogen and oxygen atoms in total. The number of nitrogens with zero attached hydrogens (tertiary/aromatic N) is 2. The van der Waals surface area contributed by atoms with Gasteiger partial charge in [0.25, 0.3) is 5.91 Å². The van der Waals surface area contributed by atoms with Gasteiger partial charge in [0.05, 0.1) is 11.6 Å². The summed E-state index contributed by atoms with van der Waals surface area (Å²) in [4.78, 5) is 52.1. The van der Waals surface area contributed by atoms with E-state index >= 15 is 0 Å². The second kappa shape index (κ2) is 12.7. The molecule has 3 aliphatic carbocycles. The number of primary amides is 1. The lowest BCUT2D eigenvalue weighted by Crippen LogP contribution is -2.65. The molecule has 0 radical (unpaired) electrons. The first-order valence-electron chi connectivity index (χ1n) is 13.9. The van der Waals surface area contributed by atoms with Crippen molar-refractivity contribution >= 4 is 34.9 Å². The standard InChI is InChI=1S/C23H27N3O7.C6H14N2O2/c1-25(2)12-5-6-13(27)15-10(12)7-9-8-11-17(26(3)4)19(29)16(22(24)32)21(31)23(11,33)20(30)14(9)18(15)28;7-4-2-1-3-5(8)6(9)10/h5-6,9,11,17,27-28,31,33H,7-8H2,1-4H3,(H2,24,32);5H,1-4,7-8H2,(H,9,10)/t9-,11-,17-,23-;5-/m00/s1. The zero-order valence-corrected chi connectivity index (χ0v) is 24.7. The lowest BCUT2D eigenvalue weighted by molar-refractivity contribution is -0.153. The first kappa shape index (κ1) is 33.5. The number of amides is 1. The van der Waals surface area contributed by atoms with Crippen molar-refractivity contribution in [2.45, 2.75) is 49.8 Å². The predicted octanol–water partition coefficient (Wildman–Crippen LogP) is -0.443. The summed E-state index contributed by atoms with van der Waals surface area (Å²) in [5, 5.41) is 52.2. The van der Waals surface area contributed by atoms with E-state index in [9.17, 15) is 39.6 Å². The Morgan fingerprint density at radius 3 is 2.23 bits per heavy atom. The molecule has 11 N–H and O–H groups in total. The van der Waals surface area contributed by atoms with E-state index in [4.69, 9.17) is 22.3 Å². The number of ketones is 2. The van der Waals surface area contributed by atoms with E-state index in [0.29, 0.717) is 18.5 Å². The second-order valence-electron chi connectivity index (χ2n) is 11.5. The topological polar surface area (TPSA) is 254 Å². The maximum atomic E-state index is 13.7. The molecule has 0 aliphatic heterocycles. The lowest BCUT2D eigenvalue weighted by atomic mass is 9.57. The van der Waals surface area contributed by atoms with E-state index in [2.05, 4.69) is 0 Å². The average molecular weight is 604 g/mol. The van der Waals surface area contributed by atoms with Crippen molar-refractivity contribution in [1.82, 2.24) is 4.90 Å². The minimum Gasteiger partial charge on any atom is -0.508 e. The summed E-state index contributed by atoms with van der Waals surface area (Å²) in [6.45, 7) is 0.604. The van der Waals surface area contributed by atoms with E-state index in [1.807, 2.05) is 19.0 Å². The van der Waals surface area contributed by atoms with Crippen molar-refractivity contribution in [1.29, 1.82) is 0 Å². The number of aliphatic hydroxyl groups excluding tert-OH is 2. The number of carbonyl (C=O) groups is 4. The zero-order valence-electron chi connectivity index (χ0n) is 24.7. The Morgan fingerprint density at radius 2 is 1.72 bits per heavy atom. The summed E-state index contributed by atoms with van der Waals surface area (Å²) >= 11 is 0. The summed E-state index contributed by atoms with van der Waals surface area (Å²) < 4.78 is 0. The van der Waals surface area contributed by atoms with Crippen LogP contribution in [0.3, 0.4) is 0 Å². The molecule has 43 heavy (non-hydrogen) atoms. The van der Waals surface area contributed by atoms with Crippen LogP contribution in [0.15, 0.2) is 29.0 Å². The van der Waals surface area contributed by atoms with Crippen LogP contribution in [0.4, 0.5) is 5.69 Å². The average Bonchev–Trinajstić information content (AvgIpc) is 2.90. The van der Waals surface area contributed by atoms with E-state index in [1.165, 1.54) is 11.0 Å². The summed E-state index contributed by atoms with van der Waals surface area (Å²) in [7, 11) is 6.75. The van der Waals surface area contributed by atoms with Crippen LogP contribution in [0.2, 0.25) is 0 Å². The third-order valence-corrected chi connectivity index (χ3v) is 8.35. The van der Waals surface area contributed by atoms with Gasteiger partial charge < -0.3 is 47.6 Å². The number of Topliss-reactive ketones (excluding diaryl/α,β-unsaturated/α-hetero) is 2. The van der Waals surface area contributed by atoms with E-state index in [0.717, 1.165) is 18.5 Å². The fraction of sp³-hybridized carbons (Fsp3) is 0.517. The number of carboxylic acids is 1. The number of rotatable bonds is 8. The molecule has 14 heteroatoms. The van der Waals surface area contributed by atoms with Crippen molar-refractivity contribution in [3.8, 4) is 5.75 Å². The van der Waals surface area contributed by atoms with Crippen molar-refractivity contribution in [3.63, 3.8) is 0 Å². The molecular weight excluding hydrogens is 562 g/mol. The van der Waals surface area contributed by atoms with Crippen LogP contribution < -0.4 is 22.1 Å². The summed E-state index contributed by atoms with van der Waals surface area (Å²) in [5.41, 5.74) is 13.6. The number of benzene rings is 1. The molecule has 1 aromatic carbocycles. The van der Waals surface area contributed by atoms with E-state index < -0.39 is 70.1 Å². The molecule has 1 amide bonds. The SMILES string of the molecule is CN(C)c1ccc(O)c2c1C[C@H]1C[C@H]3[C@H](N(C)C)C(=O)C(C(N)=O)=C(O)[C@@]3(O)C(=O)C1=C2O.NCCCC[C@H](N)C(=O)O. The van der Waals surface area contributed by atoms with Crippen molar-refractivity contribution in [2.24, 2.45) is 29.0 Å². The molecule has 0 heterocycles. The van der Waals surface area contributed by atoms with Gasteiger partial charge in [-0.2, -0.15) is 0 Å². The molecule has 1 saturated carbocycles. The van der Waals surface area contributed by atoms with Crippen LogP contribution in [0, 0.1) is 11.8 Å². The highest BCUT2D eigenvalue weighted by Gasteiger charge is 2.64. The van der Waals surface area contributed by atoms with E-state index in [-0.39, 0.29) is 29.7 Å². The smallest absolute Gasteiger partial charge is 0.320 e. The van der Waals surface area contributed by atoms with E-state index in [1.54, 1.807) is 20.2 Å². The van der Waals surface area contributed by atoms with Crippen LogP contribution in [-0.2, 0) is 25.6 Å². The fourth-order valence-electron chi connectivity index (χ4n) is 6.28. The zero-order chi connectivity index (χ0) is 32.5. The Hall–Kier alpha value is -3.98. The number of aliphatic hydroxyl groups is 3. The first-order chi connectivity index (χ1) is 20.0. The van der Waals surface area contributed by atoms with Gasteiger partial charge in [-0.3, -0.25) is 24.1 Å². The van der Waals surface area contributed by atoms with Gasteiger partial charge in [-0.15, -0.1) is 0 Å². The monoisotopic (exact) mass is 603 g/mol.